The summed E-state index contributed by atoms with van der Waals surface area (Å²) in [5, 5.41) is 12.1. The number of pyridine rings is 2. The Morgan fingerprint density at radius 3 is 2.83 bits per heavy atom. The third-order valence-corrected chi connectivity index (χ3v) is 5.80. The number of hydrogen-bond acceptors (Lipinski definition) is 5. The minimum atomic E-state index is -0.303. The molecule has 158 valence electrons. The van der Waals surface area contributed by atoms with Crippen LogP contribution < -0.4 is 16.4 Å². The standard InChI is InChI=1S/C22H27N5O3/c1-14-7-5-10-27-19(14)25-20-17(22(27)29)13-16(18(23)26(20)11-6-12-30-2)21(28)24-15-8-3-4-9-15/h5,7,10,13,15,23H,3-4,6,8-9,11-12H2,1-2H3,(H,24,28). The van der Waals surface area contributed by atoms with Gasteiger partial charge >= 0.3 is 0 Å². The highest BCUT2D eigenvalue weighted by Crippen LogP contribution is 2.18. The van der Waals surface area contributed by atoms with Crippen LogP contribution in [0.5, 0.6) is 0 Å². The van der Waals surface area contributed by atoms with Crippen LogP contribution in [0.15, 0.2) is 29.2 Å². The van der Waals surface area contributed by atoms with Crippen molar-refractivity contribution < 1.29 is 9.53 Å². The zero-order chi connectivity index (χ0) is 21.3. The zero-order valence-electron chi connectivity index (χ0n) is 17.4. The molecule has 4 rings (SSSR count). The Bertz CT molecular complexity index is 1220. The molecule has 0 spiro atoms. The molecule has 3 heterocycles. The van der Waals surface area contributed by atoms with E-state index in [1.165, 1.54) is 10.5 Å². The second kappa shape index (κ2) is 8.39. The summed E-state index contributed by atoms with van der Waals surface area (Å²) in [7, 11) is 1.62. The van der Waals surface area contributed by atoms with E-state index < -0.39 is 0 Å². The molecule has 0 aliphatic heterocycles. The van der Waals surface area contributed by atoms with Crippen molar-refractivity contribution in [2.45, 2.75) is 51.6 Å². The van der Waals surface area contributed by atoms with Crippen molar-refractivity contribution in [2.24, 2.45) is 0 Å². The van der Waals surface area contributed by atoms with Crippen LogP contribution in [0.1, 0.15) is 48.0 Å². The Hall–Kier alpha value is -3.00. The smallest absolute Gasteiger partial charge is 0.267 e. The monoisotopic (exact) mass is 409 g/mol. The number of aryl methyl sites for hydroxylation is 2. The van der Waals surface area contributed by atoms with Crippen molar-refractivity contribution in [2.75, 3.05) is 13.7 Å². The predicted molar refractivity (Wildman–Crippen MR) is 114 cm³/mol. The number of methoxy groups -OCH3 is 1. The molecule has 1 aliphatic carbocycles. The van der Waals surface area contributed by atoms with E-state index in [0.717, 1.165) is 31.2 Å². The minimum absolute atomic E-state index is 0.0685. The van der Waals surface area contributed by atoms with E-state index in [4.69, 9.17) is 15.1 Å². The van der Waals surface area contributed by atoms with Gasteiger partial charge in [-0.05, 0) is 43.9 Å². The lowest BCUT2D eigenvalue weighted by atomic mass is 10.1. The maximum absolute atomic E-state index is 13.2. The SMILES string of the molecule is COCCCn1c(=N)c(C(=O)NC2CCCC2)cc2c(=O)n3cccc(C)c3nc21. The van der Waals surface area contributed by atoms with E-state index in [1.807, 2.05) is 13.0 Å². The molecule has 0 saturated heterocycles. The molecule has 1 saturated carbocycles. The summed E-state index contributed by atoms with van der Waals surface area (Å²) in [6.07, 6.45) is 6.43. The molecule has 0 unspecified atom stereocenters. The summed E-state index contributed by atoms with van der Waals surface area (Å²) >= 11 is 0. The molecule has 1 amide bonds. The summed E-state index contributed by atoms with van der Waals surface area (Å²) in [4.78, 5) is 30.9. The van der Waals surface area contributed by atoms with Crippen molar-refractivity contribution in [1.82, 2.24) is 19.3 Å². The average Bonchev–Trinajstić information content (AvgIpc) is 3.23. The fraction of sp³-hybridized carbons (Fsp3) is 0.455. The lowest BCUT2D eigenvalue weighted by molar-refractivity contribution is 0.0935. The molecule has 0 atom stereocenters. The maximum atomic E-state index is 13.2. The van der Waals surface area contributed by atoms with E-state index >= 15 is 0 Å². The van der Waals surface area contributed by atoms with Gasteiger partial charge in [0.25, 0.3) is 11.5 Å². The van der Waals surface area contributed by atoms with Crippen LogP contribution in [0.25, 0.3) is 16.7 Å². The molecule has 3 aromatic heterocycles. The predicted octanol–water partition coefficient (Wildman–Crippen LogP) is 2.15. The van der Waals surface area contributed by atoms with Gasteiger partial charge in [-0.25, -0.2) is 4.98 Å². The molecule has 0 radical (unpaired) electrons. The van der Waals surface area contributed by atoms with E-state index in [1.54, 1.807) is 23.9 Å². The molecular formula is C22H27N5O3. The number of fused-ring (bicyclic) bond motifs is 2. The summed E-state index contributed by atoms with van der Waals surface area (Å²) in [5.41, 5.74) is 1.88. The number of hydrogen-bond donors (Lipinski definition) is 2. The molecule has 30 heavy (non-hydrogen) atoms. The molecule has 8 nitrogen and oxygen atoms in total. The van der Waals surface area contributed by atoms with Crippen LogP contribution >= 0.6 is 0 Å². The Labute approximate surface area is 174 Å². The van der Waals surface area contributed by atoms with Gasteiger partial charge in [-0.1, -0.05) is 18.9 Å². The van der Waals surface area contributed by atoms with Crippen LogP contribution in [-0.2, 0) is 11.3 Å². The van der Waals surface area contributed by atoms with Crippen LogP contribution in [0.4, 0.5) is 0 Å². The Kier molecular flexibility index (Phi) is 5.67. The first-order chi connectivity index (χ1) is 14.5. The lowest BCUT2D eigenvalue weighted by Crippen LogP contribution is -2.38. The van der Waals surface area contributed by atoms with Crippen LogP contribution in [-0.4, -0.2) is 39.6 Å². The Morgan fingerprint density at radius 2 is 2.10 bits per heavy atom. The molecule has 1 fully saturated rings. The number of amides is 1. The third kappa shape index (κ3) is 3.63. The number of carbonyl (C=O) groups excluding carboxylic acids is 1. The van der Waals surface area contributed by atoms with Crippen molar-refractivity contribution in [3.63, 3.8) is 0 Å². The van der Waals surface area contributed by atoms with E-state index in [0.29, 0.717) is 36.3 Å². The zero-order valence-corrected chi connectivity index (χ0v) is 17.4. The van der Waals surface area contributed by atoms with Crippen LogP contribution in [0, 0.1) is 12.3 Å². The van der Waals surface area contributed by atoms with Gasteiger partial charge in [0, 0.05) is 32.5 Å². The van der Waals surface area contributed by atoms with Crippen molar-refractivity contribution in [1.29, 1.82) is 5.41 Å². The van der Waals surface area contributed by atoms with Crippen molar-refractivity contribution in [3.05, 3.63) is 51.4 Å². The van der Waals surface area contributed by atoms with Gasteiger partial charge < -0.3 is 14.6 Å². The van der Waals surface area contributed by atoms with Crippen molar-refractivity contribution >= 4 is 22.6 Å². The fourth-order valence-corrected chi connectivity index (χ4v) is 4.19. The van der Waals surface area contributed by atoms with E-state index in [9.17, 15) is 9.59 Å². The fourth-order valence-electron chi connectivity index (χ4n) is 4.19. The first-order valence-corrected chi connectivity index (χ1v) is 10.4. The summed E-state index contributed by atoms with van der Waals surface area (Å²) in [5.74, 6) is -0.303. The molecule has 2 N–H and O–H groups in total. The van der Waals surface area contributed by atoms with E-state index in [-0.39, 0.29) is 28.6 Å². The van der Waals surface area contributed by atoms with Gasteiger partial charge in [-0.3, -0.25) is 19.4 Å². The number of carbonyl (C=O) groups is 1. The van der Waals surface area contributed by atoms with Gasteiger partial charge in [-0.15, -0.1) is 0 Å². The largest absolute Gasteiger partial charge is 0.385 e. The second-order valence-corrected chi connectivity index (χ2v) is 7.90. The molecule has 8 heteroatoms. The molecule has 0 aromatic carbocycles. The number of aromatic nitrogens is 3. The summed E-state index contributed by atoms with van der Waals surface area (Å²) in [6.45, 7) is 2.84. The van der Waals surface area contributed by atoms with Crippen molar-refractivity contribution in [3.8, 4) is 0 Å². The number of nitrogens with zero attached hydrogens (tertiary/aromatic N) is 3. The minimum Gasteiger partial charge on any atom is -0.385 e. The average molecular weight is 409 g/mol. The molecular weight excluding hydrogens is 382 g/mol. The Morgan fingerprint density at radius 1 is 1.33 bits per heavy atom. The van der Waals surface area contributed by atoms with Crippen LogP contribution in [0.3, 0.4) is 0 Å². The Balaban J connectivity index is 1.92. The molecule has 3 aromatic rings. The number of nitrogens with one attached hydrogen (secondary N) is 2. The highest BCUT2D eigenvalue weighted by Gasteiger charge is 2.22. The highest BCUT2D eigenvalue weighted by atomic mass is 16.5. The second-order valence-electron chi connectivity index (χ2n) is 7.90. The van der Waals surface area contributed by atoms with Crippen LogP contribution in [0.2, 0.25) is 0 Å². The van der Waals surface area contributed by atoms with Gasteiger partial charge in [0.05, 0.1) is 10.9 Å². The number of rotatable bonds is 6. The number of ether oxygens (including phenoxy) is 1. The normalized spacial score (nSPS) is 14.6. The highest BCUT2D eigenvalue weighted by molar-refractivity contribution is 5.97. The molecule has 0 bridgehead atoms. The topological polar surface area (TPSA) is 101 Å². The van der Waals surface area contributed by atoms with Gasteiger partial charge in [0.1, 0.15) is 16.8 Å². The van der Waals surface area contributed by atoms with Gasteiger partial charge in [-0.2, -0.15) is 0 Å². The summed E-state index contributed by atoms with van der Waals surface area (Å²) < 4.78 is 8.31. The quantitative estimate of drug-likeness (QED) is 0.481. The molecule has 1 aliphatic rings. The first-order valence-electron chi connectivity index (χ1n) is 10.4. The van der Waals surface area contributed by atoms with Gasteiger partial charge in [0.15, 0.2) is 0 Å². The van der Waals surface area contributed by atoms with E-state index in [2.05, 4.69) is 5.32 Å². The van der Waals surface area contributed by atoms with Gasteiger partial charge in [0.2, 0.25) is 0 Å². The lowest BCUT2D eigenvalue weighted by Gasteiger charge is -2.16. The maximum Gasteiger partial charge on any atom is 0.267 e. The summed E-state index contributed by atoms with van der Waals surface area (Å²) in [6, 6.07) is 5.36. The third-order valence-electron chi connectivity index (χ3n) is 5.80. The first kappa shape index (κ1) is 20.3.